The minimum absolute atomic E-state index is 0.351. The monoisotopic (exact) mass is 312 g/mol. The van der Waals surface area contributed by atoms with Gasteiger partial charge in [0.05, 0.1) is 6.10 Å². The maximum atomic E-state index is 5.51. The van der Waals surface area contributed by atoms with Crippen molar-refractivity contribution in [1.29, 1.82) is 0 Å². The zero-order valence-electron chi connectivity index (χ0n) is 13.8. The van der Waals surface area contributed by atoms with E-state index < -0.39 is 0 Å². The summed E-state index contributed by atoms with van der Waals surface area (Å²) in [6, 6.07) is 8.26. The maximum absolute atomic E-state index is 5.51. The third-order valence-corrected chi connectivity index (χ3v) is 4.35. The number of ether oxygens (including phenoxy) is 1. The number of nitrogens with zero attached hydrogens (tertiary/aromatic N) is 3. The normalized spacial score (nSPS) is 21.1. The number of hydrogen-bond donors (Lipinski definition) is 1. The summed E-state index contributed by atoms with van der Waals surface area (Å²) in [7, 11) is 1.80. The second kappa shape index (κ2) is 7.51. The van der Waals surface area contributed by atoms with Gasteiger partial charge >= 0.3 is 0 Å². The Morgan fingerprint density at radius 1 is 1.26 bits per heavy atom. The van der Waals surface area contributed by atoms with Gasteiger partial charge in [-0.15, -0.1) is 0 Å². The van der Waals surface area contributed by atoms with E-state index in [2.05, 4.69) is 27.2 Å². The number of nitrogens with one attached hydrogen (secondary N) is 1. The zero-order chi connectivity index (χ0) is 16.1. The Balaban J connectivity index is 1.81. The number of anilines is 1. The molecule has 5 nitrogen and oxygen atoms in total. The zero-order valence-corrected chi connectivity index (χ0v) is 13.8. The first-order valence-electron chi connectivity index (χ1n) is 8.37. The number of hydrogen-bond acceptors (Lipinski definition) is 5. The summed E-state index contributed by atoms with van der Waals surface area (Å²) in [6.45, 7) is 2.11. The molecule has 0 amide bonds. The van der Waals surface area contributed by atoms with E-state index in [1.165, 1.54) is 6.42 Å². The fourth-order valence-electron chi connectivity index (χ4n) is 3.06. The topological polar surface area (TPSA) is 59.9 Å². The summed E-state index contributed by atoms with van der Waals surface area (Å²) < 4.78 is 5.51. The third-order valence-electron chi connectivity index (χ3n) is 4.35. The molecule has 2 atom stereocenters. The Hall–Kier alpha value is -2.01. The highest BCUT2D eigenvalue weighted by Crippen LogP contribution is 2.24. The molecule has 1 N–H and O–H groups in total. The van der Waals surface area contributed by atoms with E-state index in [4.69, 9.17) is 4.74 Å². The van der Waals surface area contributed by atoms with E-state index in [1.54, 1.807) is 13.3 Å². The van der Waals surface area contributed by atoms with E-state index in [1.807, 2.05) is 24.3 Å². The molecule has 0 aliphatic heterocycles. The minimum Gasteiger partial charge on any atom is -0.381 e. The Labute approximate surface area is 137 Å². The molecule has 2 unspecified atom stereocenters. The molecule has 122 valence electrons. The van der Waals surface area contributed by atoms with Gasteiger partial charge in [-0.25, -0.2) is 9.97 Å². The van der Waals surface area contributed by atoms with Crippen molar-refractivity contribution >= 4 is 5.82 Å². The van der Waals surface area contributed by atoms with Crippen molar-refractivity contribution in [3.63, 3.8) is 0 Å². The van der Waals surface area contributed by atoms with Gasteiger partial charge in [-0.1, -0.05) is 13.0 Å². The van der Waals surface area contributed by atoms with Crippen molar-refractivity contribution in [1.82, 2.24) is 15.0 Å². The van der Waals surface area contributed by atoms with E-state index in [-0.39, 0.29) is 0 Å². The van der Waals surface area contributed by atoms with Gasteiger partial charge < -0.3 is 10.1 Å². The van der Waals surface area contributed by atoms with Crippen LogP contribution < -0.4 is 5.32 Å². The van der Waals surface area contributed by atoms with Crippen molar-refractivity contribution in [3.05, 3.63) is 36.2 Å². The molecule has 2 heterocycles. The lowest BCUT2D eigenvalue weighted by atomic mass is 9.93. The van der Waals surface area contributed by atoms with Crippen LogP contribution in [-0.2, 0) is 11.2 Å². The third kappa shape index (κ3) is 4.05. The first kappa shape index (κ1) is 15.9. The molecule has 1 saturated carbocycles. The van der Waals surface area contributed by atoms with Crippen LogP contribution >= 0.6 is 0 Å². The van der Waals surface area contributed by atoms with E-state index >= 15 is 0 Å². The van der Waals surface area contributed by atoms with Crippen molar-refractivity contribution < 1.29 is 4.74 Å². The molecule has 3 rings (SSSR count). The first-order valence-corrected chi connectivity index (χ1v) is 8.37. The van der Waals surface area contributed by atoms with E-state index in [0.29, 0.717) is 18.0 Å². The number of pyridine rings is 1. The number of rotatable bonds is 5. The second-order valence-corrected chi connectivity index (χ2v) is 6.00. The lowest BCUT2D eigenvalue weighted by molar-refractivity contribution is 0.0669. The average Bonchev–Trinajstić information content (AvgIpc) is 2.62. The molecular weight excluding hydrogens is 288 g/mol. The molecule has 1 fully saturated rings. The molecule has 0 spiro atoms. The van der Waals surface area contributed by atoms with Crippen molar-refractivity contribution in [2.24, 2.45) is 0 Å². The first-order chi connectivity index (χ1) is 11.3. The highest BCUT2D eigenvalue weighted by atomic mass is 16.5. The smallest absolute Gasteiger partial charge is 0.180 e. The SMILES string of the molecule is CCc1cc(NC2CCCC(OC)C2)nc(-c2ccccn2)n1. The molecule has 2 aromatic heterocycles. The Morgan fingerprint density at radius 3 is 2.91 bits per heavy atom. The summed E-state index contributed by atoms with van der Waals surface area (Å²) in [5.41, 5.74) is 1.84. The molecule has 0 radical (unpaired) electrons. The van der Waals surface area contributed by atoms with Crippen LogP contribution in [0.15, 0.2) is 30.5 Å². The molecule has 2 aromatic rings. The Kier molecular flexibility index (Phi) is 5.18. The molecule has 1 aliphatic rings. The van der Waals surface area contributed by atoms with E-state index in [9.17, 15) is 0 Å². The van der Waals surface area contributed by atoms with Crippen LogP contribution in [0.4, 0.5) is 5.82 Å². The van der Waals surface area contributed by atoms with Crippen molar-refractivity contribution in [3.8, 4) is 11.5 Å². The predicted octanol–water partition coefficient (Wildman–Crippen LogP) is 3.47. The molecule has 0 bridgehead atoms. The lowest BCUT2D eigenvalue weighted by Crippen LogP contribution is -2.31. The van der Waals surface area contributed by atoms with Gasteiger partial charge in [0.25, 0.3) is 0 Å². The highest BCUT2D eigenvalue weighted by Gasteiger charge is 2.22. The van der Waals surface area contributed by atoms with Gasteiger partial charge in [0.15, 0.2) is 5.82 Å². The van der Waals surface area contributed by atoms with Crippen LogP contribution in [0.1, 0.15) is 38.3 Å². The second-order valence-electron chi connectivity index (χ2n) is 6.00. The Bertz CT molecular complexity index is 632. The summed E-state index contributed by atoms with van der Waals surface area (Å²) in [5, 5.41) is 3.57. The lowest BCUT2D eigenvalue weighted by Gasteiger charge is -2.29. The molecule has 5 heteroatoms. The van der Waals surface area contributed by atoms with Crippen LogP contribution in [0.2, 0.25) is 0 Å². The largest absolute Gasteiger partial charge is 0.381 e. The number of aromatic nitrogens is 3. The fourth-order valence-corrected chi connectivity index (χ4v) is 3.06. The summed E-state index contributed by atoms with van der Waals surface area (Å²) >= 11 is 0. The van der Waals surface area contributed by atoms with Gasteiger partial charge in [-0.3, -0.25) is 4.98 Å². The van der Waals surface area contributed by atoms with Crippen molar-refractivity contribution in [2.75, 3.05) is 12.4 Å². The fraction of sp³-hybridized carbons (Fsp3) is 0.500. The molecule has 23 heavy (non-hydrogen) atoms. The number of methoxy groups -OCH3 is 1. The van der Waals surface area contributed by atoms with Crippen LogP contribution in [0, 0.1) is 0 Å². The van der Waals surface area contributed by atoms with Crippen LogP contribution in [-0.4, -0.2) is 34.2 Å². The molecule has 0 aromatic carbocycles. The molecule has 0 saturated heterocycles. The van der Waals surface area contributed by atoms with E-state index in [0.717, 1.165) is 42.9 Å². The average molecular weight is 312 g/mol. The van der Waals surface area contributed by atoms with Crippen LogP contribution in [0.3, 0.4) is 0 Å². The highest BCUT2D eigenvalue weighted by molar-refractivity contribution is 5.53. The standard InChI is InChI=1S/C18H24N4O/c1-3-13-12-17(20-14-7-6-8-15(11-14)23-2)22-18(21-13)16-9-4-5-10-19-16/h4-5,9-10,12,14-15H,3,6-8,11H2,1-2H3,(H,20,21,22). The minimum atomic E-state index is 0.351. The van der Waals surface area contributed by atoms with Gasteiger partial charge in [0.1, 0.15) is 11.5 Å². The van der Waals surface area contributed by atoms with Gasteiger partial charge in [-0.2, -0.15) is 0 Å². The Morgan fingerprint density at radius 2 is 2.17 bits per heavy atom. The summed E-state index contributed by atoms with van der Waals surface area (Å²) in [5.74, 6) is 1.57. The summed E-state index contributed by atoms with van der Waals surface area (Å²) in [4.78, 5) is 13.6. The number of aryl methyl sites for hydroxylation is 1. The maximum Gasteiger partial charge on any atom is 0.180 e. The van der Waals surface area contributed by atoms with Gasteiger partial charge in [-0.05, 0) is 44.2 Å². The molecule has 1 aliphatic carbocycles. The predicted molar refractivity (Wildman–Crippen MR) is 91.3 cm³/mol. The van der Waals surface area contributed by atoms with Crippen LogP contribution in [0.5, 0.6) is 0 Å². The van der Waals surface area contributed by atoms with Gasteiger partial charge in [0, 0.05) is 31.1 Å². The van der Waals surface area contributed by atoms with Crippen LogP contribution in [0.25, 0.3) is 11.5 Å². The quantitative estimate of drug-likeness (QED) is 0.916. The molecular formula is C18H24N4O. The van der Waals surface area contributed by atoms with Gasteiger partial charge in [0.2, 0.25) is 0 Å². The summed E-state index contributed by atoms with van der Waals surface area (Å²) in [6.07, 6.45) is 7.53. The van der Waals surface area contributed by atoms with Crippen molar-refractivity contribution in [2.45, 2.75) is 51.2 Å².